The summed E-state index contributed by atoms with van der Waals surface area (Å²) in [5, 5.41) is 4.93. The zero-order chi connectivity index (χ0) is 27.6. The summed E-state index contributed by atoms with van der Waals surface area (Å²) in [5.41, 5.74) is 11.5. The third kappa shape index (κ3) is 3.37. The molecule has 0 spiro atoms. The maximum atomic E-state index is 5.08. The van der Waals surface area contributed by atoms with Gasteiger partial charge in [0.15, 0.2) is 0 Å². The molecule has 0 radical (unpaired) electrons. The summed E-state index contributed by atoms with van der Waals surface area (Å²) in [5.74, 6) is 0. The van der Waals surface area contributed by atoms with E-state index < -0.39 is 0 Å². The number of hydrogen-bond donors (Lipinski definition) is 0. The largest absolute Gasteiger partial charge is 0.309 e. The normalized spacial score (nSPS) is 11.8. The highest BCUT2D eigenvalue weighted by Gasteiger charge is 2.15. The molecular formula is C39H25N3. The second-order valence-corrected chi connectivity index (χ2v) is 10.9. The molecule has 6 aromatic carbocycles. The van der Waals surface area contributed by atoms with Gasteiger partial charge in [-0.1, -0.05) is 109 Å². The molecule has 0 aliphatic heterocycles. The predicted octanol–water partition coefficient (Wildman–Crippen LogP) is 10.1. The zero-order valence-electron chi connectivity index (χ0n) is 22.8. The average Bonchev–Trinajstić information content (AvgIpc) is 3.60. The minimum atomic E-state index is 0.985. The van der Waals surface area contributed by atoms with Gasteiger partial charge in [-0.3, -0.25) is 4.40 Å². The molecule has 42 heavy (non-hydrogen) atoms. The lowest BCUT2D eigenvalue weighted by atomic mass is 10.0. The van der Waals surface area contributed by atoms with Crippen molar-refractivity contribution in [2.75, 3.05) is 0 Å². The molecule has 3 aromatic heterocycles. The molecule has 0 atom stereocenters. The monoisotopic (exact) mass is 535 g/mol. The lowest BCUT2D eigenvalue weighted by molar-refractivity contribution is 1.18. The Morgan fingerprint density at radius 3 is 1.74 bits per heavy atom. The third-order valence-corrected chi connectivity index (χ3v) is 8.53. The first-order valence-electron chi connectivity index (χ1n) is 14.3. The summed E-state index contributed by atoms with van der Waals surface area (Å²) in [6.07, 6.45) is 2.25. The highest BCUT2D eigenvalue weighted by atomic mass is 15.0. The highest BCUT2D eigenvalue weighted by Crippen LogP contribution is 2.35. The maximum absolute atomic E-state index is 5.08. The Bertz CT molecular complexity index is 2390. The Kier molecular flexibility index (Phi) is 4.90. The minimum Gasteiger partial charge on any atom is -0.309 e. The average molecular weight is 536 g/mol. The van der Waals surface area contributed by atoms with Crippen LogP contribution in [0.1, 0.15) is 0 Å². The molecular weight excluding hydrogens is 510 g/mol. The molecule has 0 unspecified atom stereocenters. The zero-order valence-corrected chi connectivity index (χ0v) is 22.8. The third-order valence-electron chi connectivity index (χ3n) is 8.53. The van der Waals surface area contributed by atoms with Crippen LogP contribution in [0.15, 0.2) is 152 Å². The summed E-state index contributed by atoms with van der Waals surface area (Å²) in [6.45, 7) is 0. The Labute approximate surface area is 242 Å². The van der Waals surface area contributed by atoms with E-state index >= 15 is 0 Å². The lowest BCUT2D eigenvalue weighted by Gasteiger charge is -2.10. The molecule has 0 aliphatic carbocycles. The smallest absolute Gasteiger partial charge is 0.145 e. The van der Waals surface area contributed by atoms with Crippen LogP contribution in [0.25, 0.3) is 77.2 Å². The highest BCUT2D eigenvalue weighted by molar-refractivity contribution is 6.09. The van der Waals surface area contributed by atoms with Crippen molar-refractivity contribution in [2.24, 2.45) is 0 Å². The van der Waals surface area contributed by atoms with E-state index in [0.717, 1.165) is 27.8 Å². The molecule has 0 amide bonds. The molecule has 3 heterocycles. The van der Waals surface area contributed by atoms with Gasteiger partial charge in [0.25, 0.3) is 0 Å². The Morgan fingerprint density at radius 1 is 0.429 bits per heavy atom. The first kappa shape index (κ1) is 23.1. The number of pyridine rings is 1. The van der Waals surface area contributed by atoms with Gasteiger partial charge >= 0.3 is 0 Å². The molecule has 0 saturated carbocycles. The van der Waals surface area contributed by atoms with Gasteiger partial charge in [0, 0.05) is 33.6 Å². The first-order chi connectivity index (χ1) is 20.8. The van der Waals surface area contributed by atoms with Gasteiger partial charge in [-0.2, -0.15) is 0 Å². The second-order valence-electron chi connectivity index (χ2n) is 10.9. The van der Waals surface area contributed by atoms with Gasteiger partial charge in [0.1, 0.15) is 5.65 Å². The van der Waals surface area contributed by atoms with Gasteiger partial charge in [-0.15, -0.1) is 0 Å². The van der Waals surface area contributed by atoms with Crippen molar-refractivity contribution in [2.45, 2.75) is 0 Å². The van der Waals surface area contributed by atoms with Crippen LogP contribution in [0, 0.1) is 0 Å². The molecule has 0 N–H and O–H groups in total. The number of nitrogens with zero attached hydrogens (tertiary/aromatic N) is 3. The van der Waals surface area contributed by atoms with Gasteiger partial charge < -0.3 is 4.57 Å². The molecule has 0 saturated heterocycles. The van der Waals surface area contributed by atoms with E-state index in [9.17, 15) is 0 Å². The van der Waals surface area contributed by atoms with Gasteiger partial charge in [0.05, 0.1) is 22.1 Å². The Morgan fingerprint density at radius 2 is 1.02 bits per heavy atom. The van der Waals surface area contributed by atoms with Crippen molar-refractivity contribution < 1.29 is 0 Å². The molecule has 3 nitrogen and oxygen atoms in total. The minimum absolute atomic E-state index is 0.985. The maximum Gasteiger partial charge on any atom is 0.145 e. The van der Waals surface area contributed by atoms with Crippen molar-refractivity contribution in [1.82, 2.24) is 14.0 Å². The fraction of sp³-hybridized carbons (Fsp3) is 0. The van der Waals surface area contributed by atoms with Crippen molar-refractivity contribution >= 4 is 49.3 Å². The van der Waals surface area contributed by atoms with Crippen LogP contribution in [-0.2, 0) is 0 Å². The molecule has 9 rings (SSSR count). The summed E-state index contributed by atoms with van der Waals surface area (Å²) in [7, 11) is 0. The van der Waals surface area contributed by atoms with Crippen molar-refractivity contribution in [3.8, 4) is 27.9 Å². The van der Waals surface area contributed by atoms with Crippen LogP contribution in [0.3, 0.4) is 0 Å². The molecule has 9 aromatic rings. The van der Waals surface area contributed by atoms with Gasteiger partial charge in [-0.05, 0) is 58.5 Å². The van der Waals surface area contributed by atoms with E-state index in [0.29, 0.717) is 0 Å². The lowest BCUT2D eigenvalue weighted by Crippen LogP contribution is -1.93. The van der Waals surface area contributed by atoms with Crippen molar-refractivity contribution in [1.29, 1.82) is 0 Å². The summed E-state index contributed by atoms with van der Waals surface area (Å²) in [4.78, 5) is 5.08. The number of aromatic nitrogens is 3. The topological polar surface area (TPSA) is 22.2 Å². The van der Waals surface area contributed by atoms with E-state index in [2.05, 4.69) is 161 Å². The van der Waals surface area contributed by atoms with Crippen LogP contribution >= 0.6 is 0 Å². The summed E-state index contributed by atoms with van der Waals surface area (Å²) >= 11 is 0. The van der Waals surface area contributed by atoms with Crippen molar-refractivity contribution in [3.05, 3.63) is 152 Å². The number of hydrogen-bond acceptors (Lipinski definition) is 1. The first-order valence-corrected chi connectivity index (χ1v) is 14.3. The fourth-order valence-electron chi connectivity index (χ4n) is 6.56. The second kappa shape index (κ2) is 8.92. The standard InChI is InChI=1S/C39H25N3/c1-2-10-27(11-3-1)34-25-41-38-24-28(20-23-35(38)40-39(41)33-15-5-4-12-30(33)34)26-18-21-29(22-19-26)42-36-16-8-6-13-31(36)32-14-7-9-17-37(32)42/h1-25H. The number of benzene rings is 6. The summed E-state index contributed by atoms with van der Waals surface area (Å²) in [6, 6.07) is 52.0. The fourth-order valence-corrected chi connectivity index (χ4v) is 6.56. The van der Waals surface area contributed by atoms with Gasteiger partial charge in [0.2, 0.25) is 0 Å². The molecule has 0 aliphatic rings. The van der Waals surface area contributed by atoms with E-state index in [-0.39, 0.29) is 0 Å². The van der Waals surface area contributed by atoms with Gasteiger partial charge in [-0.25, -0.2) is 4.98 Å². The van der Waals surface area contributed by atoms with Crippen LogP contribution in [-0.4, -0.2) is 14.0 Å². The van der Waals surface area contributed by atoms with E-state index in [1.54, 1.807) is 0 Å². The van der Waals surface area contributed by atoms with E-state index in [4.69, 9.17) is 4.98 Å². The van der Waals surface area contributed by atoms with Crippen LogP contribution in [0.2, 0.25) is 0 Å². The summed E-state index contributed by atoms with van der Waals surface area (Å²) < 4.78 is 4.62. The molecule has 196 valence electrons. The Balaban J connectivity index is 1.20. The van der Waals surface area contributed by atoms with Crippen molar-refractivity contribution in [3.63, 3.8) is 0 Å². The van der Waals surface area contributed by atoms with Crippen LogP contribution < -0.4 is 0 Å². The molecule has 0 bridgehead atoms. The molecule has 3 heteroatoms. The number of imidazole rings is 1. The number of rotatable bonds is 3. The molecule has 0 fully saturated rings. The number of para-hydroxylation sites is 2. The van der Waals surface area contributed by atoms with E-state index in [1.807, 2.05) is 0 Å². The predicted molar refractivity (Wildman–Crippen MR) is 175 cm³/mol. The Hall–Kier alpha value is -5.67. The SMILES string of the molecule is c1ccc(-c2cn3c4cc(-c5ccc(-n6c7ccccc7c7ccccc76)cc5)ccc4nc3c3ccccc23)cc1. The van der Waals surface area contributed by atoms with Crippen LogP contribution in [0.4, 0.5) is 0 Å². The van der Waals surface area contributed by atoms with Crippen LogP contribution in [0.5, 0.6) is 0 Å². The van der Waals surface area contributed by atoms with E-state index in [1.165, 1.54) is 49.4 Å². The quantitative estimate of drug-likeness (QED) is 0.221. The number of fused-ring (bicyclic) bond motifs is 8.